The summed E-state index contributed by atoms with van der Waals surface area (Å²) in [6.45, 7) is 6.08. The lowest BCUT2D eigenvalue weighted by Crippen LogP contribution is -2.29. The van der Waals surface area contributed by atoms with Gasteiger partial charge in [0.05, 0.1) is 17.0 Å². The van der Waals surface area contributed by atoms with Crippen molar-refractivity contribution in [2.24, 2.45) is 0 Å². The van der Waals surface area contributed by atoms with Gasteiger partial charge in [0.25, 0.3) is 5.91 Å². The fourth-order valence-electron chi connectivity index (χ4n) is 4.02. The Balaban J connectivity index is 1.72. The van der Waals surface area contributed by atoms with Crippen molar-refractivity contribution in [1.82, 2.24) is 10.2 Å². The number of anilines is 1. The van der Waals surface area contributed by atoms with Gasteiger partial charge in [0.2, 0.25) is 10.9 Å². The van der Waals surface area contributed by atoms with Crippen molar-refractivity contribution in [2.45, 2.75) is 25.8 Å². The molecular formula is C25H21N3O4S. The second-order valence-corrected chi connectivity index (χ2v) is 8.69. The van der Waals surface area contributed by atoms with Crippen LogP contribution in [-0.2, 0) is 6.42 Å². The average molecular weight is 460 g/mol. The van der Waals surface area contributed by atoms with E-state index >= 15 is 0 Å². The van der Waals surface area contributed by atoms with Crippen molar-refractivity contribution >= 4 is 33.3 Å². The number of hydrogen-bond donors (Lipinski definition) is 0. The monoisotopic (exact) mass is 459 g/mol. The molecule has 2 aromatic heterocycles. The van der Waals surface area contributed by atoms with Crippen molar-refractivity contribution in [1.29, 1.82) is 0 Å². The third kappa shape index (κ3) is 3.62. The number of aromatic nitrogens is 2. The van der Waals surface area contributed by atoms with Crippen LogP contribution in [0, 0.1) is 0 Å². The first-order chi connectivity index (χ1) is 16.1. The minimum absolute atomic E-state index is 0.0355. The number of fused-ring (bicyclic) bond motifs is 2. The molecule has 0 radical (unpaired) electrons. The molecule has 5 rings (SSSR count). The predicted molar refractivity (Wildman–Crippen MR) is 127 cm³/mol. The number of carbonyl (C=O) groups is 1. The van der Waals surface area contributed by atoms with E-state index in [2.05, 4.69) is 23.7 Å². The molecule has 0 saturated heterocycles. The Kier molecular flexibility index (Phi) is 5.51. The molecule has 0 fully saturated rings. The maximum absolute atomic E-state index is 13.6. The topological polar surface area (TPSA) is 85.5 Å². The molecule has 1 aliphatic heterocycles. The van der Waals surface area contributed by atoms with Crippen LogP contribution in [0.5, 0.6) is 5.75 Å². The minimum Gasteiger partial charge on any atom is -0.490 e. The van der Waals surface area contributed by atoms with Gasteiger partial charge in [-0.2, -0.15) is 0 Å². The fraction of sp³-hybridized carbons (Fsp3) is 0.200. The van der Waals surface area contributed by atoms with Crippen molar-refractivity contribution in [3.8, 4) is 5.75 Å². The number of hydrogen-bond acceptors (Lipinski definition) is 7. The van der Waals surface area contributed by atoms with Crippen LogP contribution in [0.15, 0.2) is 70.4 Å². The summed E-state index contributed by atoms with van der Waals surface area (Å²) in [6.07, 6.45) is 3.34. The van der Waals surface area contributed by atoms with E-state index in [0.29, 0.717) is 34.0 Å². The minimum atomic E-state index is -0.705. The first-order valence-electron chi connectivity index (χ1n) is 10.7. The number of amides is 1. The van der Waals surface area contributed by atoms with Crippen molar-refractivity contribution < 1.29 is 13.9 Å². The number of carbonyl (C=O) groups excluding carboxylic acids is 1. The zero-order valence-electron chi connectivity index (χ0n) is 18.0. The SMILES string of the molecule is C=CCOc1cccc(C2c3c(oc4ccccc4c3=O)C(=O)N2c2nnc(CCC)s2)c1. The van der Waals surface area contributed by atoms with Crippen molar-refractivity contribution in [3.63, 3.8) is 0 Å². The Morgan fingerprint density at radius 1 is 1.18 bits per heavy atom. The summed E-state index contributed by atoms with van der Waals surface area (Å²) in [5.41, 5.74) is 1.16. The molecule has 2 aromatic carbocycles. The summed E-state index contributed by atoms with van der Waals surface area (Å²) in [7, 11) is 0. The van der Waals surface area contributed by atoms with Gasteiger partial charge in [-0.3, -0.25) is 14.5 Å². The normalized spacial score (nSPS) is 15.1. The molecule has 1 aliphatic rings. The van der Waals surface area contributed by atoms with Crippen molar-refractivity contribution in [3.05, 3.63) is 93.3 Å². The Hall–Kier alpha value is -3.78. The predicted octanol–water partition coefficient (Wildman–Crippen LogP) is 4.91. The highest BCUT2D eigenvalue weighted by Gasteiger charge is 2.45. The number of rotatable bonds is 7. The number of benzene rings is 2. The van der Waals surface area contributed by atoms with Gasteiger partial charge in [-0.25, -0.2) is 0 Å². The average Bonchev–Trinajstić information content (AvgIpc) is 3.41. The molecule has 33 heavy (non-hydrogen) atoms. The molecule has 0 aliphatic carbocycles. The second kappa shape index (κ2) is 8.63. The van der Waals surface area contributed by atoms with Crippen LogP contribution in [0.25, 0.3) is 11.0 Å². The van der Waals surface area contributed by atoms with Gasteiger partial charge < -0.3 is 9.15 Å². The molecular weight excluding hydrogens is 438 g/mol. The zero-order valence-corrected chi connectivity index (χ0v) is 18.8. The van der Waals surface area contributed by atoms with Gasteiger partial charge in [-0.1, -0.05) is 55.2 Å². The lowest BCUT2D eigenvalue weighted by molar-refractivity contribution is 0.0970. The first-order valence-corrected chi connectivity index (χ1v) is 11.5. The van der Waals surface area contributed by atoms with Gasteiger partial charge >= 0.3 is 0 Å². The molecule has 1 amide bonds. The molecule has 0 spiro atoms. The zero-order chi connectivity index (χ0) is 22.9. The summed E-state index contributed by atoms with van der Waals surface area (Å²) in [4.78, 5) is 28.7. The Morgan fingerprint density at radius 2 is 2.03 bits per heavy atom. The lowest BCUT2D eigenvalue weighted by Gasteiger charge is -2.22. The lowest BCUT2D eigenvalue weighted by atomic mass is 9.98. The number of ether oxygens (including phenoxy) is 1. The number of nitrogens with zero attached hydrogens (tertiary/aromatic N) is 3. The van der Waals surface area contributed by atoms with Crippen LogP contribution in [0.2, 0.25) is 0 Å². The summed E-state index contributed by atoms with van der Waals surface area (Å²) in [5, 5.41) is 10.2. The molecule has 7 nitrogen and oxygen atoms in total. The summed E-state index contributed by atoms with van der Waals surface area (Å²) < 4.78 is 11.7. The van der Waals surface area contributed by atoms with Crippen LogP contribution in [-0.4, -0.2) is 22.7 Å². The molecule has 8 heteroatoms. The molecule has 3 heterocycles. The molecule has 0 saturated carbocycles. The summed E-state index contributed by atoms with van der Waals surface area (Å²) >= 11 is 1.35. The van der Waals surface area contributed by atoms with Crippen LogP contribution < -0.4 is 15.1 Å². The third-order valence-corrected chi connectivity index (χ3v) is 6.43. The smallest absolute Gasteiger partial charge is 0.297 e. The van der Waals surface area contributed by atoms with Gasteiger partial charge in [-0.05, 0) is 36.2 Å². The molecule has 1 unspecified atom stereocenters. The molecule has 0 N–H and O–H groups in total. The number of para-hydroxylation sites is 1. The van der Waals surface area contributed by atoms with Crippen LogP contribution in [0.3, 0.4) is 0 Å². The van der Waals surface area contributed by atoms with Gasteiger partial charge in [0.1, 0.15) is 22.9 Å². The van der Waals surface area contributed by atoms with E-state index in [1.807, 2.05) is 24.3 Å². The highest BCUT2D eigenvalue weighted by Crippen LogP contribution is 2.42. The van der Waals surface area contributed by atoms with E-state index in [0.717, 1.165) is 23.4 Å². The highest BCUT2D eigenvalue weighted by molar-refractivity contribution is 7.15. The Morgan fingerprint density at radius 3 is 2.85 bits per heavy atom. The van der Waals surface area contributed by atoms with E-state index < -0.39 is 11.9 Å². The molecule has 0 bridgehead atoms. The molecule has 166 valence electrons. The fourth-order valence-corrected chi connectivity index (χ4v) is 4.99. The van der Waals surface area contributed by atoms with Crippen LogP contribution >= 0.6 is 11.3 Å². The Bertz CT molecular complexity index is 1420. The maximum Gasteiger partial charge on any atom is 0.297 e. The maximum atomic E-state index is 13.6. The summed E-state index contributed by atoms with van der Waals surface area (Å²) in [6, 6.07) is 13.6. The standard InChI is InChI=1S/C25H21N3O4S/c1-3-8-19-26-27-25(33-19)28-21(15-9-7-10-16(14-15)31-13-4-2)20-22(29)17-11-5-6-12-18(17)32-23(20)24(28)30/h4-7,9-12,14,21H,2-3,8,13H2,1H3. The third-order valence-electron chi connectivity index (χ3n) is 5.45. The summed E-state index contributed by atoms with van der Waals surface area (Å²) in [5.74, 6) is 0.241. The van der Waals surface area contributed by atoms with E-state index in [1.54, 1.807) is 30.3 Å². The van der Waals surface area contributed by atoms with Crippen molar-refractivity contribution in [2.75, 3.05) is 11.5 Å². The van der Waals surface area contributed by atoms with Crippen LogP contribution in [0.1, 0.15) is 46.1 Å². The molecule has 1 atom stereocenters. The highest BCUT2D eigenvalue weighted by atomic mass is 32.1. The molecule has 4 aromatic rings. The van der Waals surface area contributed by atoms with Gasteiger partial charge in [0.15, 0.2) is 5.43 Å². The van der Waals surface area contributed by atoms with Crippen LogP contribution in [0.4, 0.5) is 5.13 Å². The second-order valence-electron chi connectivity index (χ2n) is 7.65. The van der Waals surface area contributed by atoms with Gasteiger partial charge in [0, 0.05) is 6.42 Å². The Labute approximate surface area is 194 Å². The van der Waals surface area contributed by atoms with E-state index in [1.165, 1.54) is 16.2 Å². The van der Waals surface area contributed by atoms with Gasteiger partial charge in [-0.15, -0.1) is 10.2 Å². The number of aryl methyl sites for hydroxylation is 1. The quantitative estimate of drug-likeness (QED) is 0.365. The van der Waals surface area contributed by atoms with E-state index in [4.69, 9.17) is 9.15 Å². The van der Waals surface area contributed by atoms with E-state index in [9.17, 15) is 9.59 Å². The largest absolute Gasteiger partial charge is 0.490 e. The van der Waals surface area contributed by atoms with E-state index in [-0.39, 0.29) is 11.2 Å². The first kappa shape index (κ1) is 21.1.